The molecule has 0 atom stereocenters. The number of aromatic nitrogens is 2. The second kappa shape index (κ2) is 5.75. The second-order valence-corrected chi connectivity index (χ2v) is 6.05. The van der Waals surface area contributed by atoms with Gasteiger partial charge in [-0.05, 0) is 31.2 Å². The Balaban J connectivity index is 1.79. The van der Waals surface area contributed by atoms with Crippen molar-refractivity contribution < 1.29 is 4.79 Å². The van der Waals surface area contributed by atoms with E-state index in [0.29, 0.717) is 6.54 Å². The average Bonchev–Trinajstić information content (AvgIpc) is 3.03. The van der Waals surface area contributed by atoms with Crippen molar-refractivity contribution in [2.24, 2.45) is 0 Å². The number of anilines is 1. The van der Waals surface area contributed by atoms with Crippen LogP contribution in [0.2, 0.25) is 0 Å². The molecule has 0 spiro atoms. The quantitative estimate of drug-likeness (QED) is 0.885. The lowest BCUT2D eigenvalue weighted by molar-refractivity contribution is -0.119. The summed E-state index contributed by atoms with van der Waals surface area (Å²) in [7, 11) is 0. The first-order chi connectivity index (χ1) is 9.79. The molecule has 0 saturated carbocycles. The molecule has 20 heavy (non-hydrogen) atoms. The van der Waals surface area contributed by atoms with Crippen molar-refractivity contribution >= 4 is 33.3 Å². The van der Waals surface area contributed by atoms with Crippen LogP contribution in [0.3, 0.4) is 0 Å². The summed E-state index contributed by atoms with van der Waals surface area (Å²) in [6.45, 7) is 3.01. The number of carbonyl (C=O) groups is 1. The van der Waals surface area contributed by atoms with Gasteiger partial charge in [-0.2, -0.15) is 0 Å². The summed E-state index contributed by atoms with van der Waals surface area (Å²) in [4.78, 5) is 22.8. The van der Waals surface area contributed by atoms with E-state index in [1.165, 1.54) is 16.9 Å². The van der Waals surface area contributed by atoms with Gasteiger partial charge in [0, 0.05) is 11.4 Å². The first kappa shape index (κ1) is 13.3. The van der Waals surface area contributed by atoms with E-state index in [9.17, 15) is 4.79 Å². The summed E-state index contributed by atoms with van der Waals surface area (Å²) in [5.74, 6) is 0.798. The highest BCUT2D eigenvalue weighted by Crippen LogP contribution is 2.38. The van der Waals surface area contributed by atoms with Crippen LogP contribution in [0.15, 0.2) is 6.33 Å². The minimum Gasteiger partial charge on any atom is -0.360 e. The Morgan fingerprint density at radius 3 is 3.15 bits per heavy atom. The van der Waals surface area contributed by atoms with Crippen LogP contribution >= 0.6 is 11.3 Å². The molecule has 1 amide bonds. The van der Waals surface area contributed by atoms with Crippen molar-refractivity contribution in [2.75, 3.05) is 18.4 Å². The fourth-order valence-corrected chi connectivity index (χ4v) is 3.78. The molecule has 2 heterocycles. The van der Waals surface area contributed by atoms with Gasteiger partial charge in [0.2, 0.25) is 5.91 Å². The third kappa shape index (κ3) is 2.47. The fourth-order valence-electron chi connectivity index (χ4n) is 2.55. The zero-order chi connectivity index (χ0) is 13.9. The molecule has 2 aromatic heterocycles. The van der Waals surface area contributed by atoms with Crippen molar-refractivity contribution in [3.8, 4) is 0 Å². The highest BCUT2D eigenvalue weighted by atomic mass is 32.1. The van der Waals surface area contributed by atoms with Crippen LogP contribution in [0.1, 0.15) is 30.2 Å². The summed E-state index contributed by atoms with van der Waals surface area (Å²) in [5, 5.41) is 7.13. The van der Waals surface area contributed by atoms with E-state index in [1.807, 2.05) is 6.92 Å². The van der Waals surface area contributed by atoms with Crippen molar-refractivity contribution in [3.05, 3.63) is 16.8 Å². The number of carbonyl (C=O) groups excluding carboxylic acids is 1. The largest absolute Gasteiger partial charge is 0.360 e. The maximum atomic E-state index is 11.7. The molecule has 0 radical (unpaired) electrons. The Morgan fingerprint density at radius 1 is 1.40 bits per heavy atom. The maximum absolute atomic E-state index is 11.7. The van der Waals surface area contributed by atoms with E-state index >= 15 is 0 Å². The van der Waals surface area contributed by atoms with Crippen LogP contribution in [0.25, 0.3) is 10.2 Å². The molecule has 2 N–H and O–H groups in total. The Labute approximate surface area is 121 Å². The molecule has 0 aliphatic heterocycles. The van der Waals surface area contributed by atoms with E-state index in [-0.39, 0.29) is 12.5 Å². The van der Waals surface area contributed by atoms with Gasteiger partial charge in [-0.15, -0.1) is 11.3 Å². The van der Waals surface area contributed by atoms with Gasteiger partial charge in [0.25, 0.3) is 0 Å². The SMILES string of the molecule is CCCNC(=O)CNc1ncnc2sc3c(c12)CCC3. The van der Waals surface area contributed by atoms with Crippen LogP contribution < -0.4 is 10.6 Å². The van der Waals surface area contributed by atoms with Gasteiger partial charge in [0.15, 0.2) is 0 Å². The maximum Gasteiger partial charge on any atom is 0.239 e. The molecular formula is C14H18N4OS. The lowest BCUT2D eigenvalue weighted by atomic mass is 10.2. The molecule has 2 aromatic rings. The molecule has 3 rings (SSSR count). The second-order valence-electron chi connectivity index (χ2n) is 4.96. The third-order valence-corrected chi connectivity index (χ3v) is 4.69. The molecule has 0 fully saturated rings. The standard InChI is InChI=1S/C14H18N4OS/c1-2-6-15-11(19)7-16-13-12-9-4-3-5-10(9)20-14(12)18-8-17-13/h8H,2-7H2,1H3,(H,15,19)(H,16,17,18). The number of thiophene rings is 1. The van der Waals surface area contributed by atoms with Gasteiger partial charge < -0.3 is 10.6 Å². The molecular weight excluding hydrogens is 272 g/mol. The number of nitrogens with one attached hydrogen (secondary N) is 2. The number of aryl methyl sites for hydroxylation is 2. The molecule has 5 nitrogen and oxygen atoms in total. The summed E-state index contributed by atoms with van der Waals surface area (Å²) in [6.07, 6.45) is 5.97. The number of hydrogen-bond donors (Lipinski definition) is 2. The van der Waals surface area contributed by atoms with Crippen LogP contribution in [-0.2, 0) is 17.6 Å². The van der Waals surface area contributed by atoms with Gasteiger partial charge in [0.1, 0.15) is 17.0 Å². The summed E-state index contributed by atoms with van der Waals surface area (Å²) < 4.78 is 0. The zero-order valence-electron chi connectivity index (χ0n) is 11.5. The topological polar surface area (TPSA) is 66.9 Å². The molecule has 6 heteroatoms. The number of amides is 1. The average molecular weight is 290 g/mol. The third-order valence-electron chi connectivity index (χ3n) is 3.49. The minimum absolute atomic E-state index is 0.00508. The Morgan fingerprint density at radius 2 is 2.30 bits per heavy atom. The van der Waals surface area contributed by atoms with Crippen LogP contribution in [-0.4, -0.2) is 29.0 Å². The summed E-state index contributed by atoms with van der Waals surface area (Å²) >= 11 is 1.76. The Kier molecular flexibility index (Phi) is 3.82. The van der Waals surface area contributed by atoms with E-state index in [0.717, 1.165) is 35.3 Å². The zero-order valence-corrected chi connectivity index (χ0v) is 12.3. The lowest BCUT2D eigenvalue weighted by Gasteiger charge is -2.08. The molecule has 106 valence electrons. The first-order valence-electron chi connectivity index (χ1n) is 7.05. The molecule has 0 unspecified atom stereocenters. The van der Waals surface area contributed by atoms with Crippen LogP contribution in [0.5, 0.6) is 0 Å². The van der Waals surface area contributed by atoms with Crippen molar-refractivity contribution in [1.82, 2.24) is 15.3 Å². The van der Waals surface area contributed by atoms with Crippen molar-refractivity contribution in [3.63, 3.8) is 0 Å². The van der Waals surface area contributed by atoms with Gasteiger partial charge in [-0.1, -0.05) is 6.92 Å². The van der Waals surface area contributed by atoms with E-state index in [4.69, 9.17) is 0 Å². The van der Waals surface area contributed by atoms with E-state index < -0.39 is 0 Å². The summed E-state index contributed by atoms with van der Waals surface area (Å²) in [6, 6.07) is 0. The lowest BCUT2D eigenvalue weighted by Crippen LogP contribution is -2.30. The Hall–Kier alpha value is -1.69. The van der Waals surface area contributed by atoms with Gasteiger partial charge in [-0.25, -0.2) is 9.97 Å². The number of fused-ring (bicyclic) bond motifs is 3. The smallest absolute Gasteiger partial charge is 0.239 e. The van der Waals surface area contributed by atoms with E-state index in [1.54, 1.807) is 17.7 Å². The highest BCUT2D eigenvalue weighted by molar-refractivity contribution is 7.19. The number of nitrogens with zero attached hydrogens (tertiary/aromatic N) is 2. The first-order valence-corrected chi connectivity index (χ1v) is 7.87. The van der Waals surface area contributed by atoms with E-state index in [2.05, 4.69) is 20.6 Å². The molecule has 0 aromatic carbocycles. The number of hydrogen-bond acceptors (Lipinski definition) is 5. The predicted octanol–water partition coefficient (Wildman–Crippen LogP) is 2.12. The van der Waals surface area contributed by atoms with Crippen LogP contribution in [0, 0.1) is 0 Å². The minimum atomic E-state index is 0.00508. The summed E-state index contributed by atoms with van der Waals surface area (Å²) in [5.41, 5.74) is 1.38. The van der Waals surface area contributed by atoms with Crippen molar-refractivity contribution in [1.29, 1.82) is 0 Å². The molecule has 1 aliphatic rings. The van der Waals surface area contributed by atoms with Gasteiger partial charge >= 0.3 is 0 Å². The monoisotopic (exact) mass is 290 g/mol. The predicted molar refractivity (Wildman–Crippen MR) is 81.2 cm³/mol. The van der Waals surface area contributed by atoms with Crippen LogP contribution in [0.4, 0.5) is 5.82 Å². The fraction of sp³-hybridized carbons (Fsp3) is 0.500. The van der Waals surface area contributed by atoms with Gasteiger partial charge in [-0.3, -0.25) is 4.79 Å². The highest BCUT2D eigenvalue weighted by Gasteiger charge is 2.21. The molecule has 1 aliphatic carbocycles. The molecule has 0 saturated heterocycles. The van der Waals surface area contributed by atoms with Gasteiger partial charge in [0.05, 0.1) is 11.9 Å². The van der Waals surface area contributed by atoms with Crippen molar-refractivity contribution in [2.45, 2.75) is 32.6 Å². The normalized spacial score (nSPS) is 13.4. The molecule has 0 bridgehead atoms. The number of rotatable bonds is 5. The Bertz CT molecular complexity index is 637.